The molecule has 6 heteroatoms. The number of ether oxygens (including phenoxy) is 1. The number of hydrogen-bond acceptors (Lipinski definition) is 4. The molecule has 2 aliphatic heterocycles. The molecule has 4 nitrogen and oxygen atoms in total. The van der Waals surface area contributed by atoms with Crippen LogP contribution in [0.1, 0.15) is 40.6 Å². The summed E-state index contributed by atoms with van der Waals surface area (Å²) in [5.41, 5.74) is 1.87. The van der Waals surface area contributed by atoms with Crippen LogP contribution in [0.2, 0.25) is 0 Å². The SMILES string of the molecule is C[C@@H]1Oc2c(C(=O)N3CCN(Cc4ccc(Br)s4)CC3)cccc2[C@@H]1C. The molecular formula is C20H23BrN2O2S. The fourth-order valence-corrected chi connectivity index (χ4v) is 5.22. The number of thiophene rings is 1. The van der Waals surface area contributed by atoms with Crippen molar-refractivity contribution >= 4 is 33.2 Å². The van der Waals surface area contributed by atoms with Gasteiger partial charge in [0.2, 0.25) is 0 Å². The minimum absolute atomic E-state index is 0.0988. The summed E-state index contributed by atoms with van der Waals surface area (Å²) in [7, 11) is 0. The molecule has 2 aliphatic rings. The van der Waals surface area contributed by atoms with Gasteiger partial charge in [0.1, 0.15) is 11.9 Å². The van der Waals surface area contributed by atoms with E-state index in [1.165, 1.54) is 8.66 Å². The van der Waals surface area contributed by atoms with Gasteiger partial charge in [0.15, 0.2) is 0 Å². The Balaban J connectivity index is 1.42. The Bertz CT molecular complexity index is 814. The highest BCUT2D eigenvalue weighted by molar-refractivity contribution is 9.11. The fraction of sp³-hybridized carbons (Fsp3) is 0.450. The van der Waals surface area contributed by atoms with Gasteiger partial charge in [-0.15, -0.1) is 11.3 Å². The number of fused-ring (bicyclic) bond motifs is 1. The minimum atomic E-state index is 0.0988. The Kier molecular flexibility index (Phi) is 5.08. The largest absolute Gasteiger partial charge is 0.489 e. The quantitative estimate of drug-likeness (QED) is 0.719. The van der Waals surface area contributed by atoms with E-state index in [4.69, 9.17) is 4.74 Å². The molecule has 26 heavy (non-hydrogen) atoms. The van der Waals surface area contributed by atoms with Crippen molar-refractivity contribution < 1.29 is 9.53 Å². The van der Waals surface area contributed by atoms with Gasteiger partial charge in [-0.1, -0.05) is 19.1 Å². The number of carbonyl (C=O) groups excluding carboxylic acids is 1. The third kappa shape index (κ3) is 3.42. The van der Waals surface area contributed by atoms with Gasteiger partial charge >= 0.3 is 0 Å². The van der Waals surface area contributed by atoms with E-state index >= 15 is 0 Å². The number of para-hydroxylation sites is 1. The summed E-state index contributed by atoms with van der Waals surface area (Å²) in [6, 6.07) is 10.2. The number of amides is 1. The third-order valence-electron chi connectivity index (χ3n) is 5.44. The normalized spacial score (nSPS) is 23.0. The number of carbonyl (C=O) groups is 1. The van der Waals surface area contributed by atoms with Crippen LogP contribution in [0.4, 0.5) is 0 Å². The third-order valence-corrected chi connectivity index (χ3v) is 7.05. The van der Waals surface area contributed by atoms with Crippen LogP contribution in [0.25, 0.3) is 0 Å². The first-order chi connectivity index (χ1) is 12.5. The Morgan fingerprint density at radius 3 is 2.65 bits per heavy atom. The first-order valence-corrected chi connectivity index (χ1v) is 10.7. The van der Waals surface area contributed by atoms with Crippen LogP contribution in [0.15, 0.2) is 34.1 Å². The maximum absolute atomic E-state index is 13.1. The van der Waals surface area contributed by atoms with E-state index in [-0.39, 0.29) is 12.0 Å². The molecule has 0 unspecified atom stereocenters. The zero-order valence-corrected chi connectivity index (χ0v) is 17.5. The van der Waals surface area contributed by atoms with Crippen molar-refractivity contribution in [2.45, 2.75) is 32.4 Å². The Hall–Kier alpha value is -1.37. The number of nitrogens with zero attached hydrogens (tertiary/aromatic N) is 2. The molecule has 3 heterocycles. The van der Waals surface area contributed by atoms with Crippen LogP contribution in [-0.4, -0.2) is 48.0 Å². The van der Waals surface area contributed by atoms with Gasteiger partial charge in [0.25, 0.3) is 5.91 Å². The number of piperazine rings is 1. The first-order valence-electron chi connectivity index (χ1n) is 9.08. The number of halogens is 1. The predicted molar refractivity (Wildman–Crippen MR) is 108 cm³/mol. The van der Waals surface area contributed by atoms with Crippen molar-refractivity contribution in [3.8, 4) is 5.75 Å². The molecule has 1 saturated heterocycles. The van der Waals surface area contributed by atoms with Gasteiger partial charge in [-0.3, -0.25) is 9.69 Å². The molecule has 0 radical (unpaired) electrons. The van der Waals surface area contributed by atoms with Gasteiger partial charge in [-0.05, 0) is 41.1 Å². The fourth-order valence-electron chi connectivity index (χ4n) is 3.69. The second-order valence-electron chi connectivity index (χ2n) is 7.11. The molecule has 0 spiro atoms. The smallest absolute Gasteiger partial charge is 0.257 e. The van der Waals surface area contributed by atoms with Crippen LogP contribution in [0, 0.1) is 0 Å². The summed E-state index contributed by atoms with van der Waals surface area (Å²) in [6.07, 6.45) is 0.126. The van der Waals surface area contributed by atoms with E-state index in [1.54, 1.807) is 11.3 Å². The molecule has 138 valence electrons. The first kappa shape index (κ1) is 18.0. The molecule has 1 fully saturated rings. The van der Waals surface area contributed by atoms with E-state index in [2.05, 4.69) is 52.9 Å². The summed E-state index contributed by atoms with van der Waals surface area (Å²) in [5.74, 6) is 1.23. The van der Waals surface area contributed by atoms with Crippen LogP contribution >= 0.6 is 27.3 Å². The number of hydrogen-bond donors (Lipinski definition) is 0. The Morgan fingerprint density at radius 2 is 1.96 bits per heavy atom. The van der Waals surface area contributed by atoms with E-state index in [0.717, 1.165) is 44.0 Å². The summed E-state index contributed by atoms with van der Waals surface area (Å²) in [5, 5.41) is 0. The Labute approximate surface area is 166 Å². The molecule has 0 saturated carbocycles. The lowest BCUT2D eigenvalue weighted by Crippen LogP contribution is -2.48. The molecule has 1 amide bonds. The monoisotopic (exact) mass is 434 g/mol. The maximum Gasteiger partial charge on any atom is 0.257 e. The van der Waals surface area contributed by atoms with Crippen LogP contribution in [0.5, 0.6) is 5.75 Å². The topological polar surface area (TPSA) is 32.8 Å². The molecular weight excluding hydrogens is 412 g/mol. The van der Waals surface area contributed by atoms with Gasteiger partial charge in [-0.25, -0.2) is 0 Å². The zero-order chi connectivity index (χ0) is 18.3. The van der Waals surface area contributed by atoms with Gasteiger partial charge in [0.05, 0.1) is 9.35 Å². The van der Waals surface area contributed by atoms with E-state index in [1.807, 2.05) is 17.0 Å². The van der Waals surface area contributed by atoms with Crippen molar-refractivity contribution in [1.29, 1.82) is 0 Å². The van der Waals surface area contributed by atoms with Crippen LogP contribution in [-0.2, 0) is 6.54 Å². The average molecular weight is 435 g/mol. The molecule has 4 rings (SSSR count). The highest BCUT2D eigenvalue weighted by atomic mass is 79.9. The lowest BCUT2D eigenvalue weighted by molar-refractivity contribution is 0.0625. The highest BCUT2D eigenvalue weighted by Gasteiger charge is 2.33. The summed E-state index contributed by atoms with van der Waals surface area (Å²) < 4.78 is 7.17. The van der Waals surface area contributed by atoms with E-state index < -0.39 is 0 Å². The van der Waals surface area contributed by atoms with Gasteiger partial charge in [0, 0.05) is 49.1 Å². The average Bonchev–Trinajstić information content (AvgIpc) is 3.18. The summed E-state index contributed by atoms with van der Waals surface area (Å²) in [4.78, 5) is 18.8. The molecule has 0 aliphatic carbocycles. The van der Waals surface area contributed by atoms with Crippen LogP contribution in [0.3, 0.4) is 0 Å². The molecule has 2 aromatic rings. The highest BCUT2D eigenvalue weighted by Crippen LogP contribution is 2.40. The lowest BCUT2D eigenvalue weighted by Gasteiger charge is -2.34. The van der Waals surface area contributed by atoms with E-state index in [9.17, 15) is 4.79 Å². The zero-order valence-electron chi connectivity index (χ0n) is 15.1. The van der Waals surface area contributed by atoms with Gasteiger partial charge in [-0.2, -0.15) is 0 Å². The van der Waals surface area contributed by atoms with E-state index in [0.29, 0.717) is 11.5 Å². The molecule has 0 bridgehead atoms. The molecule has 1 aromatic heterocycles. The standard InChI is InChI=1S/C20H23BrN2O2S/c1-13-14(2)25-19-16(13)4-3-5-17(19)20(24)23-10-8-22(9-11-23)12-15-6-7-18(21)26-15/h3-7,13-14H,8-12H2,1-2H3/t13-,14+/m1/s1. The number of benzene rings is 1. The van der Waals surface area contributed by atoms with Crippen molar-refractivity contribution in [2.24, 2.45) is 0 Å². The number of rotatable bonds is 3. The Morgan fingerprint density at radius 1 is 1.19 bits per heavy atom. The second-order valence-corrected chi connectivity index (χ2v) is 9.66. The van der Waals surface area contributed by atoms with Crippen molar-refractivity contribution in [2.75, 3.05) is 26.2 Å². The summed E-state index contributed by atoms with van der Waals surface area (Å²) >= 11 is 5.30. The molecule has 1 aromatic carbocycles. The van der Waals surface area contributed by atoms with Crippen molar-refractivity contribution in [1.82, 2.24) is 9.80 Å². The molecule has 2 atom stereocenters. The van der Waals surface area contributed by atoms with Crippen molar-refractivity contribution in [3.05, 3.63) is 50.1 Å². The minimum Gasteiger partial charge on any atom is -0.489 e. The second kappa shape index (κ2) is 7.33. The maximum atomic E-state index is 13.1. The van der Waals surface area contributed by atoms with Crippen LogP contribution < -0.4 is 4.74 Å². The predicted octanol–water partition coefficient (Wildman–Crippen LogP) is 4.35. The molecule has 0 N–H and O–H groups in total. The van der Waals surface area contributed by atoms with Gasteiger partial charge < -0.3 is 9.64 Å². The lowest BCUT2D eigenvalue weighted by atomic mass is 9.96. The summed E-state index contributed by atoms with van der Waals surface area (Å²) in [6.45, 7) is 8.53. The van der Waals surface area contributed by atoms with Crippen molar-refractivity contribution in [3.63, 3.8) is 0 Å².